The zero-order valence-electron chi connectivity index (χ0n) is 14.8. The molecule has 7 heteroatoms. The number of imidazole rings is 1. The van der Waals surface area contributed by atoms with Crippen molar-refractivity contribution in [3.63, 3.8) is 0 Å². The molecule has 0 aliphatic heterocycles. The Morgan fingerprint density at radius 3 is 2.70 bits per heavy atom. The average Bonchev–Trinajstić information content (AvgIpc) is 3.32. The maximum atomic E-state index is 12.5. The summed E-state index contributed by atoms with van der Waals surface area (Å²) in [5.74, 6) is 0.982. The number of para-hydroxylation sites is 3. The van der Waals surface area contributed by atoms with Crippen LogP contribution in [0.15, 0.2) is 60.8 Å². The van der Waals surface area contributed by atoms with E-state index >= 15 is 0 Å². The number of amides is 1. The molecule has 136 valence electrons. The highest BCUT2D eigenvalue weighted by Crippen LogP contribution is 2.19. The van der Waals surface area contributed by atoms with Crippen LogP contribution in [0.5, 0.6) is 5.75 Å². The lowest BCUT2D eigenvalue weighted by Gasteiger charge is -2.03. The number of aromatic amines is 1. The minimum Gasteiger partial charge on any atom is -0.493 e. The van der Waals surface area contributed by atoms with E-state index in [0.29, 0.717) is 18.7 Å². The van der Waals surface area contributed by atoms with Crippen LogP contribution in [0.25, 0.3) is 16.7 Å². The van der Waals surface area contributed by atoms with Gasteiger partial charge in [-0.2, -0.15) is 5.10 Å². The highest BCUT2D eigenvalue weighted by atomic mass is 16.5. The summed E-state index contributed by atoms with van der Waals surface area (Å²) in [7, 11) is 1.53. The van der Waals surface area contributed by atoms with E-state index in [1.54, 1.807) is 10.9 Å². The number of fused-ring (bicyclic) bond motifs is 1. The third-order valence-electron chi connectivity index (χ3n) is 4.22. The van der Waals surface area contributed by atoms with Crippen molar-refractivity contribution < 1.29 is 9.53 Å². The number of benzene rings is 2. The molecule has 2 N–H and O–H groups in total. The molecule has 27 heavy (non-hydrogen) atoms. The first kappa shape index (κ1) is 16.8. The number of rotatable bonds is 6. The highest BCUT2D eigenvalue weighted by molar-refractivity contribution is 5.95. The van der Waals surface area contributed by atoms with Crippen molar-refractivity contribution in [2.24, 2.45) is 0 Å². The van der Waals surface area contributed by atoms with Crippen LogP contribution in [-0.4, -0.2) is 39.3 Å². The lowest BCUT2D eigenvalue weighted by Crippen LogP contribution is -2.26. The molecule has 0 unspecified atom stereocenters. The van der Waals surface area contributed by atoms with Crippen LogP contribution in [0.3, 0.4) is 0 Å². The molecule has 1 amide bonds. The third kappa shape index (κ3) is 3.52. The monoisotopic (exact) mass is 361 g/mol. The van der Waals surface area contributed by atoms with E-state index < -0.39 is 0 Å². The number of nitrogens with zero attached hydrogens (tertiary/aromatic N) is 3. The van der Waals surface area contributed by atoms with Gasteiger partial charge in [0.2, 0.25) is 0 Å². The van der Waals surface area contributed by atoms with Gasteiger partial charge in [-0.3, -0.25) is 4.79 Å². The van der Waals surface area contributed by atoms with E-state index in [4.69, 9.17) is 4.74 Å². The van der Waals surface area contributed by atoms with E-state index in [9.17, 15) is 4.79 Å². The quantitative estimate of drug-likeness (QED) is 0.553. The first-order valence-electron chi connectivity index (χ1n) is 8.65. The van der Waals surface area contributed by atoms with Crippen LogP contribution in [0.2, 0.25) is 0 Å². The van der Waals surface area contributed by atoms with Crippen LogP contribution in [-0.2, 0) is 6.42 Å². The van der Waals surface area contributed by atoms with Gasteiger partial charge in [0.1, 0.15) is 5.82 Å². The van der Waals surface area contributed by atoms with Crippen molar-refractivity contribution >= 4 is 16.9 Å². The van der Waals surface area contributed by atoms with Gasteiger partial charge in [0.05, 0.1) is 30.0 Å². The first-order chi connectivity index (χ1) is 13.2. The summed E-state index contributed by atoms with van der Waals surface area (Å²) in [6, 6.07) is 17.4. The molecule has 4 aromatic rings. The zero-order chi connectivity index (χ0) is 18.6. The Bertz CT molecular complexity index is 1040. The molecule has 4 rings (SSSR count). The minimum atomic E-state index is -0.280. The number of carbonyl (C=O) groups excluding carboxylic acids is 1. The Hall–Kier alpha value is -3.61. The van der Waals surface area contributed by atoms with E-state index in [-0.39, 0.29) is 11.6 Å². The fourth-order valence-electron chi connectivity index (χ4n) is 2.88. The lowest BCUT2D eigenvalue weighted by molar-refractivity contribution is 0.0945. The summed E-state index contributed by atoms with van der Waals surface area (Å²) in [5.41, 5.74) is 3.02. The van der Waals surface area contributed by atoms with Gasteiger partial charge in [-0.05, 0) is 24.3 Å². The Morgan fingerprint density at radius 2 is 1.93 bits per heavy atom. The van der Waals surface area contributed by atoms with Crippen molar-refractivity contribution in [3.8, 4) is 11.4 Å². The molecule has 2 heterocycles. The number of nitrogens with one attached hydrogen (secondary N) is 2. The van der Waals surface area contributed by atoms with Gasteiger partial charge in [0.15, 0.2) is 11.4 Å². The van der Waals surface area contributed by atoms with E-state index in [0.717, 1.165) is 22.5 Å². The number of aromatic nitrogens is 4. The minimum absolute atomic E-state index is 0.256. The largest absolute Gasteiger partial charge is 0.493 e. The van der Waals surface area contributed by atoms with Gasteiger partial charge in [0, 0.05) is 13.0 Å². The summed E-state index contributed by atoms with van der Waals surface area (Å²) >= 11 is 0. The number of hydrogen-bond donors (Lipinski definition) is 2. The van der Waals surface area contributed by atoms with E-state index in [1.165, 1.54) is 7.11 Å². The maximum Gasteiger partial charge on any atom is 0.275 e. The number of ether oxygens (including phenoxy) is 1. The molecule has 2 aromatic carbocycles. The van der Waals surface area contributed by atoms with Gasteiger partial charge in [0.25, 0.3) is 5.91 Å². The molecule has 0 radical (unpaired) electrons. The first-order valence-corrected chi connectivity index (χ1v) is 8.65. The number of hydrogen-bond acceptors (Lipinski definition) is 4. The maximum absolute atomic E-state index is 12.5. The fraction of sp³-hybridized carbons (Fsp3) is 0.150. The van der Waals surface area contributed by atoms with Crippen molar-refractivity contribution in [3.05, 3.63) is 72.3 Å². The van der Waals surface area contributed by atoms with Crippen molar-refractivity contribution in [1.29, 1.82) is 0 Å². The van der Waals surface area contributed by atoms with Gasteiger partial charge in [-0.1, -0.05) is 30.3 Å². The highest BCUT2D eigenvalue weighted by Gasteiger charge is 2.18. The Labute approximate surface area is 156 Å². The van der Waals surface area contributed by atoms with E-state index in [2.05, 4.69) is 20.4 Å². The smallest absolute Gasteiger partial charge is 0.275 e. The van der Waals surface area contributed by atoms with Crippen LogP contribution < -0.4 is 10.1 Å². The second-order valence-corrected chi connectivity index (χ2v) is 6.03. The van der Waals surface area contributed by atoms with Crippen molar-refractivity contribution in [1.82, 2.24) is 25.1 Å². The SMILES string of the molecule is COc1cn(-c2ccccc2)nc1C(=O)NCCc1nc2ccccc2[nH]1. The predicted octanol–water partition coefficient (Wildman–Crippen LogP) is 2.73. The summed E-state index contributed by atoms with van der Waals surface area (Å²) < 4.78 is 6.94. The molecular formula is C20H19N5O2. The van der Waals surface area contributed by atoms with Crippen molar-refractivity contribution in [2.75, 3.05) is 13.7 Å². The number of carbonyl (C=O) groups is 1. The van der Waals surface area contributed by atoms with Gasteiger partial charge < -0.3 is 15.0 Å². The molecule has 0 bridgehead atoms. The molecule has 7 nitrogen and oxygen atoms in total. The summed E-state index contributed by atoms with van der Waals surface area (Å²) in [6.07, 6.45) is 2.30. The predicted molar refractivity (Wildman–Crippen MR) is 102 cm³/mol. The van der Waals surface area contributed by atoms with Crippen LogP contribution in [0, 0.1) is 0 Å². The topological polar surface area (TPSA) is 84.8 Å². The third-order valence-corrected chi connectivity index (χ3v) is 4.22. The normalized spacial score (nSPS) is 10.9. The fourth-order valence-corrected chi connectivity index (χ4v) is 2.88. The lowest BCUT2D eigenvalue weighted by atomic mass is 10.3. The van der Waals surface area contributed by atoms with Gasteiger partial charge >= 0.3 is 0 Å². The van der Waals surface area contributed by atoms with Gasteiger partial charge in [-0.25, -0.2) is 9.67 Å². The second kappa shape index (κ2) is 7.33. The standard InChI is InChI=1S/C20H19N5O2/c1-27-17-13-25(14-7-3-2-4-8-14)24-19(17)20(26)21-12-11-18-22-15-9-5-6-10-16(15)23-18/h2-10,13H,11-12H2,1H3,(H,21,26)(H,22,23). The van der Waals surface area contributed by atoms with Crippen LogP contribution in [0.4, 0.5) is 0 Å². The van der Waals surface area contributed by atoms with Crippen LogP contribution >= 0.6 is 0 Å². The summed E-state index contributed by atoms with van der Waals surface area (Å²) in [6.45, 7) is 0.444. The molecule has 0 saturated carbocycles. The summed E-state index contributed by atoms with van der Waals surface area (Å²) in [4.78, 5) is 20.3. The Kier molecular flexibility index (Phi) is 4.57. The molecule has 2 aromatic heterocycles. The molecule has 0 spiro atoms. The molecule has 0 atom stereocenters. The molecule has 0 aliphatic carbocycles. The van der Waals surface area contributed by atoms with Crippen LogP contribution in [0.1, 0.15) is 16.3 Å². The molecule has 0 saturated heterocycles. The molecular weight excluding hydrogens is 342 g/mol. The number of methoxy groups -OCH3 is 1. The zero-order valence-corrected chi connectivity index (χ0v) is 14.8. The second-order valence-electron chi connectivity index (χ2n) is 6.03. The Morgan fingerprint density at radius 1 is 1.15 bits per heavy atom. The van der Waals surface area contributed by atoms with Crippen molar-refractivity contribution in [2.45, 2.75) is 6.42 Å². The molecule has 0 fully saturated rings. The molecule has 0 aliphatic rings. The Balaban J connectivity index is 1.44. The summed E-state index contributed by atoms with van der Waals surface area (Å²) in [5, 5.41) is 7.24. The average molecular weight is 361 g/mol. The number of H-pyrrole nitrogens is 1. The van der Waals surface area contributed by atoms with Gasteiger partial charge in [-0.15, -0.1) is 0 Å². The van der Waals surface area contributed by atoms with E-state index in [1.807, 2.05) is 54.6 Å².